The predicted octanol–water partition coefficient (Wildman–Crippen LogP) is 1.83. The second-order valence-corrected chi connectivity index (χ2v) is 4.56. The lowest BCUT2D eigenvalue weighted by Crippen LogP contribution is -2.33. The average molecular weight is 250 g/mol. The molecule has 96 valence electrons. The topological polar surface area (TPSA) is 92.5 Å². The van der Waals surface area contributed by atoms with Gasteiger partial charge in [0.15, 0.2) is 5.75 Å². The van der Waals surface area contributed by atoms with Crippen molar-refractivity contribution in [2.75, 3.05) is 0 Å². The molecule has 0 bridgehead atoms. The van der Waals surface area contributed by atoms with Crippen molar-refractivity contribution in [1.82, 2.24) is 5.32 Å². The van der Waals surface area contributed by atoms with Crippen molar-refractivity contribution < 1.29 is 14.8 Å². The number of nitrogens with zero attached hydrogens (tertiary/aromatic N) is 1. The molecule has 0 unspecified atom stereocenters. The zero-order valence-electron chi connectivity index (χ0n) is 9.92. The number of aromatic hydroxyl groups is 1. The number of hydrogen-bond donors (Lipinski definition) is 2. The number of phenols is 1. The van der Waals surface area contributed by atoms with Crippen LogP contribution in [0.5, 0.6) is 5.75 Å². The quantitative estimate of drug-likeness (QED) is 0.629. The van der Waals surface area contributed by atoms with Gasteiger partial charge in [-0.3, -0.25) is 14.9 Å². The molecule has 1 aromatic rings. The van der Waals surface area contributed by atoms with E-state index in [1.54, 1.807) is 0 Å². The van der Waals surface area contributed by atoms with Gasteiger partial charge in [-0.1, -0.05) is 0 Å². The molecule has 1 amide bonds. The third-order valence-electron chi connectivity index (χ3n) is 3.12. The van der Waals surface area contributed by atoms with Crippen molar-refractivity contribution in [3.05, 3.63) is 33.9 Å². The Morgan fingerprint density at radius 2 is 2.22 bits per heavy atom. The minimum Gasteiger partial charge on any atom is -0.502 e. The lowest BCUT2D eigenvalue weighted by molar-refractivity contribution is -0.385. The van der Waals surface area contributed by atoms with Gasteiger partial charge in [0.05, 0.1) is 4.92 Å². The lowest BCUT2D eigenvalue weighted by Gasteiger charge is -2.12. The highest BCUT2D eigenvalue weighted by Gasteiger charge is 2.29. The molecule has 2 N–H and O–H groups in total. The number of carbonyl (C=O) groups excluding carboxylic acids is 1. The van der Waals surface area contributed by atoms with Gasteiger partial charge in [0, 0.05) is 17.7 Å². The van der Waals surface area contributed by atoms with Gasteiger partial charge in [-0.05, 0) is 37.8 Å². The Kier molecular flexibility index (Phi) is 3.18. The smallest absolute Gasteiger partial charge is 0.310 e. The van der Waals surface area contributed by atoms with Crippen molar-refractivity contribution in [3.8, 4) is 5.75 Å². The Hall–Kier alpha value is -2.11. The summed E-state index contributed by atoms with van der Waals surface area (Å²) in [5.74, 6) is -0.285. The number of phenolic OH excluding ortho intramolecular Hbond substituents is 1. The van der Waals surface area contributed by atoms with Crippen LogP contribution in [0.4, 0.5) is 5.69 Å². The van der Waals surface area contributed by atoms with Crippen LogP contribution in [0.25, 0.3) is 0 Å². The number of nitro groups is 1. The van der Waals surface area contributed by atoms with Crippen LogP contribution in [0, 0.1) is 16.0 Å². The number of carbonyl (C=O) groups is 1. The molecule has 0 aliphatic heterocycles. The van der Waals surface area contributed by atoms with E-state index in [1.807, 2.05) is 6.92 Å². The zero-order chi connectivity index (χ0) is 13.3. The van der Waals surface area contributed by atoms with Gasteiger partial charge in [-0.2, -0.15) is 0 Å². The molecule has 1 aliphatic rings. The molecule has 0 heterocycles. The average Bonchev–Trinajstić information content (AvgIpc) is 3.11. The van der Waals surface area contributed by atoms with Crippen LogP contribution in [0.15, 0.2) is 18.2 Å². The fraction of sp³-hybridized carbons (Fsp3) is 0.417. The Bertz CT molecular complexity index is 497. The van der Waals surface area contributed by atoms with Crippen molar-refractivity contribution in [1.29, 1.82) is 0 Å². The zero-order valence-corrected chi connectivity index (χ0v) is 9.92. The standard InChI is InChI=1S/C12H14N2O4/c1-7(8-2-3-8)13-12(16)9-4-5-10(14(17)18)11(15)6-9/h4-8,15H,2-3H2,1H3,(H,13,16)/t7-/m1/s1. The van der Waals surface area contributed by atoms with Crippen LogP contribution in [0.2, 0.25) is 0 Å². The number of benzene rings is 1. The van der Waals surface area contributed by atoms with Gasteiger partial charge >= 0.3 is 5.69 Å². The molecule has 0 spiro atoms. The maximum absolute atomic E-state index is 11.8. The Morgan fingerprint density at radius 3 is 2.72 bits per heavy atom. The number of rotatable bonds is 4. The largest absolute Gasteiger partial charge is 0.502 e. The number of nitrogens with one attached hydrogen (secondary N) is 1. The molecule has 18 heavy (non-hydrogen) atoms. The first-order valence-corrected chi connectivity index (χ1v) is 5.77. The van der Waals surface area contributed by atoms with Gasteiger partial charge in [-0.15, -0.1) is 0 Å². The first kappa shape index (κ1) is 12.3. The summed E-state index contributed by atoms with van der Waals surface area (Å²) in [6.07, 6.45) is 2.24. The summed E-state index contributed by atoms with van der Waals surface area (Å²) in [5, 5.41) is 22.8. The molecule has 1 aliphatic carbocycles. The van der Waals surface area contributed by atoms with Gasteiger partial charge in [0.2, 0.25) is 0 Å². The normalized spacial score (nSPS) is 16.1. The summed E-state index contributed by atoms with van der Waals surface area (Å²) in [6, 6.07) is 3.68. The Balaban J connectivity index is 2.10. The molecule has 0 saturated heterocycles. The van der Waals surface area contributed by atoms with Crippen LogP contribution < -0.4 is 5.32 Å². The molecular weight excluding hydrogens is 236 g/mol. The molecule has 6 nitrogen and oxygen atoms in total. The Labute approximate surface area is 104 Å². The highest BCUT2D eigenvalue weighted by Crippen LogP contribution is 2.32. The summed E-state index contributed by atoms with van der Waals surface area (Å²) in [4.78, 5) is 21.7. The Morgan fingerprint density at radius 1 is 1.56 bits per heavy atom. The van der Waals surface area contributed by atoms with Crippen LogP contribution >= 0.6 is 0 Å². The van der Waals surface area contributed by atoms with Crippen molar-refractivity contribution in [2.45, 2.75) is 25.8 Å². The van der Waals surface area contributed by atoms with Gasteiger partial charge in [0.25, 0.3) is 5.91 Å². The second-order valence-electron chi connectivity index (χ2n) is 4.56. The molecule has 0 aromatic heterocycles. The van der Waals surface area contributed by atoms with E-state index in [1.165, 1.54) is 6.07 Å². The number of hydrogen-bond acceptors (Lipinski definition) is 4. The summed E-state index contributed by atoms with van der Waals surface area (Å²) in [6.45, 7) is 1.93. The molecule has 1 aromatic carbocycles. The van der Waals surface area contributed by atoms with Crippen molar-refractivity contribution >= 4 is 11.6 Å². The first-order chi connectivity index (χ1) is 8.49. The predicted molar refractivity (Wildman–Crippen MR) is 64.4 cm³/mol. The molecule has 1 fully saturated rings. The highest BCUT2D eigenvalue weighted by atomic mass is 16.6. The van der Waals surface area contributed by atoms with E-state index in [-0.39, 0.29) is 17.5 Å². The van der Waals surface area contributed by atoms with E-state index in [0.29, 0.717) is 5.92 Å². The van der Waals surface area contributed by atoms with E-state index in [2.05, 4.69) is 5.32 Å². The van der Waals surface area contributed by atoms with E-state index in [9.17, 15) is 20.0 Å². The SMILES string of the molecule is C[C@@H](NC(=O)c1ccc([N+](=O)[O-])c(O)c1)C1CC1. The van der Waals surface area contributed by atoms with Crippen LogP contribution in [0.1, 0.15) is 30.1 Å². The third-order valence-corrected chi connectivity index (χ3v) is 3.12. The maximum atomic E-state index is 11.8. The maximum Gasteiger partial charge on any atom is 0.310 e. The fourth-order valence-corrected chi connectivity index (χ4v) is 1.82. The molecular formula is C12H14N2O4. The molecule has 1 saturated carbocycles. The first-order valence-electron chi connectivity index (χ1n) is 5.77. The summed E-state index contributed by atoms with van der Waals surface area (Å²) in [7, 11) is 0. The highest BCUT2D eigenvalue weighted by molar-refractivity contribution is 5.95. The van der Waals surface area contributed by atoms with E-state index < -0.39 is 16.4 Å². The summed E-state index contributed by atoms with van der Waals surface area (Å²) in [5.41, 5.74) is -0.174. The molecule has 1 atom stereocenters. The molecule has 0 radical (unpaired) electrons. The van der Waals surface area contributed by atoms with E-state index >= 15 is 0 Å². The summed E-state index contributed by atoms with van der Waals surface area (Å²) >= 11 is 0. The van der Waals surface area contributed by atoms with Crippen LogP contribution in [0.3, 0.4) is 0 Å². The second kappa shape index (κ2) is 4.64. The molecule has 2 rings (SSSR count). The van der Waals surface area contributed by atoms with Gasteiger partial charge in [0.1, 0.15) is 0 Å². The summed E-state index contributed by atoms with van der Waals surface area (Å²) < 4.78 is 0. The van der Waals surface area contributed by atoms with Crippen molar-refractivity contribution in [3.63, 3.8) is 0 Å². The minimum atomic E-state index is -0.691. The van der Waals surface area contributed by atoms with Gasteiger partial charge < -0.3 is 10.4 Å². The monoisotopic (exact) mass is 250 g/mol. The third kappa shape index (κ3) is 2.58. The van der Waals surface area contributed by atoms with Crippen LogP contribution in [-0.4, -0.2) is 22.0 Å². The minimum absolute atomic E-state index is 0.0924. The van der Waals surface area contributed by atoms with E-state index in [0.717, 1.165) is 25.0 Å². The lowest BCUT2D eigenvalue weighted by atomic mass is 10.1. The fourth-order valence-electron chi connectivity index (χ4n) is 1.82. The molecule has 6 heteroatoms. The van der Waals surface area contributed by atoms with E-state index in [4.69, 9.17) is 0 Å². The number of amides is 1. The van der Waals surface area contributed by atoms with Gasteiger partial charge in [-0.25, -0.2) is 0 Å². The van der Waals surface area contributed by atoms with Crippen LogP contribution in [-0.2, 0) is 0 Å². The van der Waals surface area contributed by atoms with Crippen molar-refractivity contribution in [2.24, 2.45) is 5.92 Å². The number of nitro benzene ring substituents is 1.